The second kappa shape index (κ2) is 22.2. The van der Waals surface area contributed by atoms with Gasteiger partial charge in [-0.05, 0) is 154 Å². The molecular weight excluding hydrogens is 1490 g/mol. The van der Waals surface area contributed by atoms with Crippen LogP contribution < -0.4 is 10.2 Å². The van der Waals surface area contributed by atoms with Gasteiger partial charge in [0.2, 0.25) is 0 Å². The van der Waals surface area contributed by atoms with Gasteiger partial charge in [-0.1, -0.05) is 206 Å². The molecule has 0 saturated carbocycles. The molecule has 10 heteroatoms. The predicted molar refractivity (Wildman–Crippen MR) is 355 cm³/mol. The van der Waals surface area contributed by atoms with Gasteiger partial charge in [0, 0.05) is 53.5 Å². The first-order chi connectivity index (χ1) is 44.1. The van der Waals surface area contributed by atoms with Crippen LogP contribution in [0.3, 0.4) is 0 Å². The number of aromatic nitrogens is 4. The Morgan fingerprint density at radius 1 is 0.304 bits per heavy atom. The van der Waals surface area contributed by atoms with Crippen LogP contribution >= 0.6 is 0 Å². The molecule has 0 fully saturated rings. The van der Waals surface area contributed by atoms with E-state index in [0.717, 1.165) is 33.6 Å². The molecule has 0 radical (unpaired) electrons. The Balaban J connectivity index is 0.000000149. The van der Waals surface area contributed by atoms with E-state index in [9.17, 15) is 0 Å². The van der Waals surface area contributed by atoms with E-state index in [1.54, 1.807) is 12.4 Å². The van der Waals surface area contributed by atoms with Crippen molar-refractivity contribution in [3.63, 3.8) is 0 Å². The molecule has 0 bridgehead atoms. The van der Waals surface area contributed by atoms with Crippen molar-refractivity contribution >= 4 is 0 Å². The van der Waals surface area contributed by atoms with Crippen LogP contribution in [0.25, 0.3) is 44.5 Å². The van der Waals surface area contributed by atoms with Gasteiger partial charge in [-0.2, -0.15) is 74.3 Å². The van der Waals surface area contributed by atoms with E-state index in [1.807, 2.05) is 0 Å². The van der Waals surface area contributed by atoms with Crippen LogP contribution in [0, 0.1) is 25.5 Å². The largest absolute Gasteiger partial charge is 0.581 e. The Labute approximate surface area is 567 Å². The molecule has 6 aliphatic rings. The summed E-state index contributed by atoms with van der Waals surface area (Å²) in [7, 11) is 4.27. The van der Waals surface area contributed by atoms with Crippen LogP contribution in [-0.2, 0) is 64.0 Å². The number of hydrogen-bond donors (Lipinski definition) is 0. The third kappa shape index (κ3) is 7.77. The molecule has 4 heterocycles. The van der Waals surface area contributed by atoms with Crippen molar-refractivity contribution in [1.29, 1.82) is 0 Å². The van der Waals surface area contributed by atoms with Gasteiger partial charge in [0.1, 0.15) is 0 Å². The van der Waals surface area contributed by atoms with E-state index in [-0.39, 0.29) is 42.1 Å². The van der Waals surface area contributed by atoms with Crippen LogP contribution in [0.5, 0.6) is 0 Å². The average molecular weight is 1550 g/mol. The van der Waals surface area contributed by atoms with Crippen LogP contribution in [0.2, 0.25) is 0 Å². The minimum Gasteiger partial charge on any atom is -0.581 e. The second-order valence-corrected chi connectivity index (χ2v) is 24.6. The molecule has 0 atom stereocenters. The van der Waals surface area contributed by atoms with E-state index in [4.69, 9.17) is 10.2 Å². The van der Waals surface area contributed by atoms with Gasteiger partial charge in [-0.3, -0.25) is 0 Å². The third-order valence-corrected chi connectivity index (χ3v) is 20.8. The maximum absolute atomic E-state index is 4.77. The number of fused-ring (bicyclic) bond motifs is 12. The van der Waals surface area contributed by atoms with Crippen LogP contribution in [-0.4, -0.2) is 43.9 Å². The molecule has 0 saturated heterocycles. The Hall–Kier alpha value is -9.32. The molecule has 0 spiro atoms. The summed E-state index contributed by atoms with van der Waals surface area (Å²) in [4.78, 5) is 9.40. The Kier molecular flexibility index (Phi) is 14.3. The van der Waals surface area contributed by atoms with Crippen molar-refractivity contribution < 1.29 is 42.1 Å². The van der Waals surface area contributed by atoms with Crippen LogP contribution in [0.15, 0.2) is 278 Å². The molecule has 8 nitrogen and oxygen atoms in total. The molecule has 0 unspecified atom stereocenters. The van der Waals surface area contributed by atoms with Gasteiger partial charge >= 0.3 is 0 Å². The first kappa shape index (κ1) is 59.0. The molecule has 18 rings (SSSR count). The maximum Gasteiger partial charge on any atom is 0.0688 e. The van der Waals surface area contributed by atoms with Crippen LogP contribution in [0.4, 0.5) is 0 Å². The predicted octanol–water partition coefficient (Wildman–Crippen LogP) is 16.2. The van der Waals surface area contributed by atoms with Gasteiger partial charge in [-0.25, -0.2) is 0 Å². The molecule has 92 heavy (non-hydrogen) atoms. The van der Waals surface area contributed by atoms with Crippen LogP contribution in [0.1, 0.15) is 106 Å². The molecular formula is C82H62N8Pt2-6. The molecule has 0 amide bonds. The number of hydrogen-bond acceptors (Lipinski definition) is 6. The van der Waals surface area contributed by atoms with E-state index < -0.39 is 21.9 Å². The summed E-state index contributed by atoms with van der Waals surface area (Å²) >= 11 is 0. The maximum atomic E-state index is 4.77. The Morgan fingerprint density at radius 2 is 0.554 bits per heavy atom. The molecule has 12 aromatic rings. The second-order valence-electron chi connectivity index (χ2n) is 24.6. The SMILES string of the molecule is CC1=C(C)N(C2(c3[c-]c(C4(c5cc[n-]n5)c5ccccc5-c5ccccc54)ccc3)c3ccccc3-c3ccccc32)[CH-]N1C.CC1=C(C)N(C2(c3[c-]c(C4(c5cc[n-]n5)c5ccccc5-c5ccccc54)ccc3)c3ccccc3-c3ccccc32)[CH-]N1C.[Pt].[Pt]. The smallest absolute Gasteiger partial charge is 0.0688 e. The fourth-order valence-corrected chi connectivity index (χ4v) is 16.6. The van der Waals surface area contributed by atoms with Gasteiger partial charge < -0.3 is 40.0 Å². The zero-order valence-electron chi connectivity index (χ0n) is 51.6. The van der Waals surface area contributed by atoms with E-state index in [1.165, 1.54) is 112 Å². The fourth-order valence-electron chi connectivity index (χ4n) is 16.6. The van der Waals surface area contributed by atoms with Crippen molar-refractivity contribution in [2.24, 2.45) is 0 Å². The Morgan fingerprint density at radius 3 is 0.804 bits per heavy atom. The van der Waals surface area contributed by atoms with E-state index >= 15 is 0 Å². The molecule has 2 aliphatic heterocycles. The first-order valence-corrected chi connectivity index (χ1v) is 31.0. The first-order valence-electron chi connectivity index (χ1n) is 31.0. The van der Waals surface area contributed by atoms with Gasteiger partial charge in [0.15, 0.2) is 0 Å². The van der Waals surface area contributed by atoms with Crippen molar-refractivity contribution in [2.75, 3.05) is 14.1 Å². The van der Waals surface area contributed by atoms with Gasteiger partial charge in [0.25, 0.3) is 0 Å². The van der Waals surface area contributed by atoms with Gasteiger partial charge in [0.05, 0.1) is 21.9 Å². The average Bonchev–Trinajstić information content (AvgIpc) is 1.52. The van der Waals surface area contributed by atoms with Crippen molar-refractivity contribution in [3.8, 4) is 44.5 Å². The van der Waals surface area contributed by atoms with Gasteiger partial charge in [-0.15, -0.1) is 22.3 Å². The normalized spacial score (nSPS) is 16.5. The number of allylic oxidation sites excluding steroid dienone is 4. The molecule has 456 valence electrons. The third-order valence-electron chi connectivity index (χ3n) is 20.8. The fraction of sp³-hybridized carbons (Fsp3) is 0.122. The number of benzene rings is 10. The zero-order chi connectivity index (χ0) is 60.7. The summed E-state index contributed by atoms with van der Waals surface area (Å²) in [6.07, 6.45) is 3.61. The quantitative estimate of drug-likeness (QED) is 0.139. The summed E-state index contributed by atoms with van der Waals surface area (Å²) in [6.45, 7) is 13.4. The summed E-state index contributed by atoms with van der Waals surface area (Å²) in [5.41, 5.74) is 28.3. The summed E-state index contributed by atoms with van der Waals surface area (Å²) in [5.74, 6) is 0. The minimum absolute atomic E-state index is 0. The summed E-state index contributed by atoms with van der Waals surface area (Å²) < 4.78 is 0. The molecule has 10 aromatic carbocycles. The molecule has 4 aliphatic carbocycles. The minimum atomic E-state index is -0.662. The topological polar surface area (TPSA) is 66.9 Å². The van der Waals surface area contributed by atoms with Crippen molar-refractivity contribution in [2.45, 2.75) is 49.6 Å². The molecule has 2 aromatic heterocycles. The summed E-state index contributed by atoms with van der Waals surface area (Å²) in [5, 5.41) is 18.3. The monoisotopic (exact) mass is 1550 g/mol. The van der Waals surface area contributed by atoms with E-state index in [0.29, 0.717) is 0 Å². The zero-order valence-corrected chi connectivity index (χ0v) is 56.2. The number of nitrogens with zero attached hydrogens (tertiary/aromatic N) is 8. The Bertz CT molecular complexity index is 4450. The van der Waals surface area contributed by atoms with E-state index in [2.05, 4.69) is 340 Å². The van der Waals surface area contributed by atoms with Crippen molar-refractivity contribution in [3.05, 3.63) is 381 Å². The number of rotatable bonds is 8. The summed E-state index contributed by atoms with van der Waals surface area (Å²) in [6, 6.07) is 96.2. The standard InChI is InChI=1S/2C41H31N4.2Pt/c2*1-27-28(2)45(26-44(27)3)41(37-21-10-6-17-33(37)34-18-7-11-22-38(34)41)30-14-12-13-29(25-30)40(39-23-24-42-43-39)35-19-8-4-15-31(35)32-16-5-9-20-36(32)40;;/h2*4-24,26H,1-3H3;;/q2*-3;;. The van der Waals surface area contributed by atoms with Crippen molar-refractivity contribution in [1.82, 2.24) is 40.0 Å². The molecule has 0 N–H and O–H groups in total.